The van der Waals surface area contributed by atoms with Crippen LogP contribution in [0.4, 0.5) is 0 Å². The third kappa shape index (κ3) is 3.53. The Morgan fingerprint density at radius 2 is 2.14 bits per heavy atom. The van der Waals surface area contributed by atoms with Crippen LogP contribution in [0.25, 0.3) is 0 Å². The number of hydrogen-bond donors (Lipinski definition) is 1. The van der Waals surface area contributed by atoms with Gasteiger partial charge in [0.1, 0.15) is 5.75 Å². The quantitative estimate of drug-likeness (QED) is 0.864. The van der Waals surface area contributed by atoms with Gasteiger partial charge in [0.05, 0.1) is 6.61 Å². The highest BCUT2D eigenvalue weighted by Crippen LogP contribution is 2.34. The van der Waals surface area contributed by atoms with Crippen LogP contribution in [0.1, 0.15) is 33.3 Å². The number of carbonyl (C=O) groups is 1. The van der Waals surface area contributed by atoms with Crippen molar-refractivity contribution in [3.63, 3.8) is 0 Å². The van der Waals surface area contributed by atoms with Crippen LogP contribution in [-0.4, -0.2) is 17.6 Å². The van der Waals surface area contributed by atoms with Gasteiger partial charge in [-0.1, -0.05) is 44.7 Å². The molecule has 0 radical (unpaired) electrons. The van der Waals surface area contributed by atoms with Crippen molar-refractivity contribution >= 4 is 17.7 Å². The second kappa shape index (κ2) is 6.02. The summed E-state index contributed by atoms with van der Waals surface area (Å²) in [6.45, 7) is 8.50. The molecule has 1 N–H and O–H groups in total. The van der Waals surface area contributed by atoms with Gasteiger partial charge in [0.15, 0.2) is 0 Å². The molecule has 4 nitrogen and oxygen atoms in total. The lowest BCUT2D eigenvalue weighted by atomic mass is 9.87. The maximum Gasteiger partial charge on any atom is 0.384 e. The summed E-state index contributed by atoms with van der Waals surface area (Å²) < 4.78 is 11.0. The molecular weight excluding hydrogens is 286 g/mol. The first-order chi connectivity index (χ1) is 9.87. The van der Waals surface area contributed by atoms with Gasteiger partial charge in [0, 0.05) is 6.20 Å². The maximum absolute atomic E-state index is 12.2. The van der Waals surface area contributed by atoms with Crippen molar-refractivity contribution in [1.29, 1.82) is 0 Å². The monoisotopic (exact) mass is 307 g/mol. The minimum Gasteiger partial charge on any atom is -0.461 e. The Morgan fingerprint density at radius 1 is 1.38 bits per heavy atom. The van der Waals surface area contributed by atoms with Crippen molar-refractivity contribution in [3.8, 4) is 5.75 Å². The largest absolute Gasteiger partial charge is 0.461 e. The van der Waals surface area contributed by atoms with Crippen molar-refractivity contribution in [3.05, 3.63) is 41.4 Å². The van der Waals surface area contributed by atoms with Crippen LogP contribution in [0, 0.1) is 0 Å². The zero-order valence-corrected chi connectivity index (χ0v) is 13.6. The Balaban J connectivity index is 2.24. The summed E-state index contributed by atoms with van der Waals surface area (Å²) in [5.41, 5.74) is 1.17. The summed E-state index contributed by atoms with van der Waals surface area (Å²) in [5.74, 6) is 0.209. The smallest absolute Gasteiger partial charge is 0.384 e. The number of nitrogens with one attached hydrogen (secondary N) is 1. The molecule has 1 unspecified atom stereocenters. The second-order valence-corrected chi connectivity index (χ2v) is 6.86. The SMILES string of the molecule is CCOC(=O)C1(Oc2cccc(C(C)(C)C)c2)NC=CS1. The minimum atomic E-state index is -1.23. The van der Waals surface area contributed by atoms with E-state index in [-0.39, 0.29) is 5.41 Å². The van der Waals surface area contributed by atoms with Crippen LogP contribution in [0.3, 0.4) is 0 Å². The number of ether oxygens (including phenoxy) is 2. The standard InChI is InChI=1S/C16H21NO3S/c1-5-19-14(18)16(17-9-10-21-16)20-13-8-6-7-12(11-13)15(2,3)4/h6-11,17H,5H2,1-4H3. The van der Waals surface area contributed by atoms with Gasteiger partial charge < -0.3 is 14.8 Å². The zero-order valence-electron chi connectivity index (χ0n) is 12.8. The molecule has 21 heavy (non-hydrogen) atoms. The summed E-state index contributed by atoms with van der Waals surface area (Å²) in [7, 11) is 0. The van der Waals surface area contributed by atoms with Crippen LogP contribution in [-0.2, 0) is 14.9 Å². The van der Waals surface area contributed by atoms with Gasteiger partial charge in [0.25, 0.3) is 0 Å². The van der Waals surface area contributed by atoms with E-state index in [1.807, 2.05) is 18.2 Å². The Bertz CT molecular complexity index is 541. The highest BCUT2D eigenvalue weighted by Gasteiger charge is 2.45. The van der Waals surface area contributed by atoms with Crippen LogP contribution >= 0.6 is 11.8 Å². The van der Waals surface area contributed by atoms with E-state index in [9.17, 15) is 4.79 Å². The van der Waals surface area contributed by atoms with Gasteiger partial charge in [-0.15, -0.1) is 0 Å². The fraction of sp³-hybridized carbons (Fsp3) is 0.438. The lowest BCUT2D eigenvalue weighted by Gasteiger charge is -2.28. The third-order valence-corrected chi connectivity index (χ3v) is 4.05. The first kappa shape index (κ1) is 15.8. The highest BCUT2D eigenvalue weighted by molar-refractivity contribution is 8.04. The van der Waals surface area contributed by atoms with Gasteiger partial charge in [-0.25, -0.2) is 4.79 Å². The van der Waals surface area contributed by atoms with Gasteiger partial charge in [-0.3, -0.25) is 0 Å². The molecule has 5 heteroatoms. The summed E-state index contributed by atoms with van der Waals surface area (Å²) in [4.78, 5) is 12.2. The molecule has 0 fully saturated rings. The van der Waals surface area contributed by atoms with E-state index in [1.165, 1.54) is 11.8 Å². The molecule has 0 spiro atoms. The Labute approximate surface area is 129 Å². The van der Waals surface area contributed by atoms with E-state index >= 15 is 0 Å². The molecule has 0 aliphatic carbocycles. The predicted octanol–water partition coefficient (Wildman–Crippen LogP) is 3.39. The van der Waals surface area contributed by atoms with Gasteiger partial charge in [-0.05, 0) is 35.4 Å². The van der Waals surface area contributed by atoms with Crippen molar-refractivity contribution in [2.75, 3.05) is 6.61 Å². The number of benzene rings is 1. The number of rotatable bonds is 4. The number of hydrogen-bond acceptors (Lipinski definition) is 5. The summed E-state index contributed by atoms with van der Waals surface area (Å²) >= 11 is 1.26. The molecule has 2 rings (SSSR count). The lowest BCUT2D eigenvalue weighted by molar-refractivity contribution is -0.155. The molecule has 1 aliphatic heterocycles. The summed E-state index contributed by atoms with van der Waals surface area (Å²) in [6, 6.07) is 7.79. The topological polar surface area (TPSA) is 47.6 Å². The van der Waals surface area contributed by atoms with E-state index < -0.39 is 11.0 Å². The molecule has 1 aromatic rings. The van der Waals surface area contributed by atoms with Gasteiger partial charge in [0.2, 0.25) is 0 Å². The normalized spacial score (nSPS) is 21.0. The zero-order chi connectivity index (χ0) is 15.5. The Hall–Kier alpha value is -1.62. The fourth-order valence-corrected chi connectivity index (χ4v) is 2.69. The molecule has 0 saturated carbocycles. The summed E-state index contributed by atoms with van der Waals surface area (Å²) in [5, 5.41) is 3.50. The number of carbonyl (C=O) groups excluding carboxylic acids is 1. The van der Waals surface area contributed by atoms with E-state index in [2.05, 4.69) is 32.2 Å². The average Bonchev–Trinajstić information content (AvgIpc) is 2.88. The second-order valence-electron chi connectivity index (χ2n) is 5.78. The molecule has 1 atom stereocenters. The number of thioether (sulfide) groups is 1. The molecule has 0 aromatic heterocycles. The molecule has 1 aromatic carbocycles. The van der Waals surface area contributed by atoms with Crippen LogP contribution in [0.2, 0.25) is 0 Å². The molecule has 1 aliphatic rings. The molecule has 0 bridgehead atoms. The maximum atomic E-state index is 12.2. The highest BCUT2D eigenvalue weighted by atomic mass is 32.2. The van der Waals surface area contributed by atoms with Crippen LogP contribution in [0.5, 0.6) is 5.75 Å². The first-order valence-corrected chi connectivity index (χ1v) is 7.83. The Morgan fingerprint density at radius 3 is 2.71 bits per heavy atom. The molecular formula is C16H21NO3S. The van der Waals surface area contributed by atoms with Crippen molar-refractivity contribution in [2.45, 2.75) is 38.2 Å². The molecule has 1 heterocycles. The minimum absolute atomic E-state index is 0.0188. The fourth-order valence-electron chi connectivity index (χ4n) is 1.93. The van der Waals surface area contributed by atoms with Crippen molar-refractivity contribution in [2.24, 2.45) is 0 Å². The third-order valence-electron chi connectivity index (χ3n) is 3.08. The summed E-state index contributed by atoms with van der Waals surface area (Å²) in [6.07, 6.45) is 1.69. The predicted molar refractivity (Wildman–Crippen MR) is 85.0 cm³/mol. The van der Waals surface area contributed by atoms with Gasteiger partial charge in [-0.2, -0.15) is 0 Å². The average molecular weight is 307 g/mol. The Kier molecular flexibility index (Phi) is 4.52. The van der Waals surface area contributed by atoms with Crippen molar-refractivity contribution in [1.82, 2.24) is 5.32 Å². The molecule has 0 amide bonds. The van der Waals surface area contributed by atoms with E-state index in [4.69, 9.17) is 9.47 Å². The van der Waals surface area contributed by atoms with Crippen molar-refractivity contribution < 1.29 is 14.3 Å². The van der Waals surface area contributed by atoms with Gasteiger partial charge >= 0.3 is 11.0 Å². The van der Waals surface area contributed by atoms with Crippen LogP contribution in [0.15, 0.2) is 35.9 Å². The van der Waals surface area contributed by atoms with E-state index in [0.717, 1.165) is 5.56 Å². The number of esters is 1. The molecule has 114 valence electrons. The van der Waals surface area contributed by atoms with E-state index in [1.54, 1.807) is 18.5 Å². The van der Waals surface area contributed by atoms with Crippen LogP contribution < -0.4 is 10.1 Å². The molecule has 0 saturated heterocycles. The first-order valence-electron chi connectivity index (χ1n) is 6.95. The lowest BCUT2D eigenvalue weighted by Crippen LogP contribution is -2.50. The van der Waals surface area contributed by atoms with E-state index in [0.29, 0.717) is 12.4 Å².